The van der Waals surface area contributed by atoms with Crippen LogP contribution in [0.15, 0.2) is 48.5 Å². The van der Waals surface area contributed by atoms with E-state index in [1.165, 1.54) is 205 Å². The number of nitrogens with one attached hydrogen (secondary N) is 2. The van der Waals surface area contributed by atoms with Gasteiger partial charge in [0.15, 0.2) is 0 Å². The Morgan fingerprint density at radius 3 is 0.928 bits per heavy atom. The minimum absolute atomic E-state index is 0.368. The lowest BCUT2D eigenvalue weighted by Crippen LogP contribution is -2.60. The van der Waals surface area contributed by atoms with Crippen LogP contribution >= 0.6 is 0 Å². The molecule has 0 unspecified atom stereocenters. The molecular formula is C63H106N2O4. The van der Waals surface area contributed by atoms with Gasteiger partial charge in [-0.15, -0.1) is 0 Å². The Hall–Kier alpha value is -3.02. The number of carbonyl (C=O) groups excluding carboxylic acids is 2. The first kappa shape index (κ1) is 58.5. The average Bonchev–Trinajstić information content (AvgIpc) is 3.35. The van der Waals surface area contributed by atoms with Gasteiger partial charge < -0.3 is 20.1 Å². The second-order valence-corrected chi connectivity index (χ2v) is 22.2. The Labute approximate surface area is 425 Å². The van der Waals surface area contributed by atoms with Crippen LogP contribution in [0.25, 0.3) is 0 Å². The van der Waals surface area contributed by atoms with Gasteiger partial charge in [-0.05, 0) is 81.0 Å². The first-order chi connectivity index (χ1) is 34.0. The molecule has 0 saturated heterocycles. The Balaban J connectivity index is 1.16. The largest absolute Gasteiger partial charge is 0.413 e. The fourth-order valence-corrected chi connectivity index (χ4v) is 11.8. The SMILES string of the molecule is CCCCCCCCCCCCCCCCCCc1ccccc1OC(=O)NC1(CC2(NC(=O)Oc3ccccc3CCCCCCCCCCCCCCCCCC)CCCCC2)CCCCC1. The summed E-state index contributed by atoms with van der Waals surface area (Å²) >= 11 is 0. The summed E-state index contributed by atoms with van der Waals surface area (Å²) in [4.78, 5) is 27.8. The van der Waals surface area contributed by atoms with E-state index in [0.29, 0.717) is 17.9 Å². The molecule has 2 aliphatic carbocycles. The van der Waals surface area contributed by atoms with Crippen molar-refractivity contribution in [1.29, 1.82) is 0 Å². The summed E-state index contributed by atoms with van der Waals surface area (Å²) in [6.07, 6.45) is 55.4. The number of ether oxygens (including phenoxy) is 2. The van der Waals surface area contributed by atoms with Gasteiger partial charge in [0.25, 0.3) is 0 Å². The molecule has 0 radical (unpaired) electrons. The molecular weight excluding hydrogens is 849 g/mol. The van der Waals surface area contributed by atoms with Crippen LogP contribution in [0.3, 0.4) is 0 Å². The molecule has 2 fully saturated rings. The number of hydrogen-bond donors (Lipinski definition) is 2. The molecule has 0 bridgehead atoms. The number of rotatable bonds is 40. The lowest BCUT2D eigenvalue weighted by Gasteiger charge is -2.47. The van der Waals surface area contributed by atoms with Crippen LogP contribution in [0.1, 0.15) is 301 Å². The number of para-hydroxylation sites is 2. The van der Waals surface area contributed by atoms with E-state index in [-0.39, 0.29) is 12.2 Å². The van der Waals surface area contributed by atoms with Crippen molar-refractivity contribution in [2.75, 3.05) is 0 Å². The fraction of sp³-hybridized carbons (Fsp3) is 0.778. The second kappa shape index (κ2) is 37.7. The van der Waals surface area contributed by atoms with Gasteiger partial charge in [-0.3, -0.25) is 0 Å². The summed E-state index contributed by atoms with van der Waals surface area (Å²) in [5.41, 5.74) is 1.35. The maximum atomic E-state index is 13.9. The van der Waals surface area contributed by atoms with E-state index in [2.05, 4.69) is 48.7 Å². The maximum absolute atomic E-state index is 13.9. The molecule has 392 valence electrons. The molecule has 2 amide bonds. The molecule has 2 aliphatic rings. The third-order valence-electron chi connectivity index (χ3n) is 16.0. The van der Waals surface area contributed by atoms with Crippen molar-refractivity contribution in [2.24, 2.45) is 0 Å². The van der Waals surface area contributed by atoms with Gasteiger partial charge in [0.2, 0.25) is 0 Å². The maximum Gasteiger partial charge on any atom is 0.413 e. The number of aryl methyl sites for hydroxylation is 2. The van der Waals surface area contributed by atoms with Gasteiger partial charge in [-0.2, -0.15) is 0 Å². The standard InChI is InChI=1S/C63H106N2O4/c1-3-5-7-9-11-13-15-17-19-21-23-25-27-29-31-35-45-56-47-37-39-49-58(56)68-60(66)64-62(51-41-33-42-52-62)55-63(53-43-34-44-54-63)65-61(67)69-59-50-40-38-48-57(59)46-36-32-30-28-26-24-22-20-18-16-14-12-10-8-6-4-2/h37-40,47-50H,3-36,41-46,51-55H2,1-2H3,(H,64,66)(H,65,67). The van der Waals surface area contributed by atoms with Crippen LogP contribution < -0.4 is 20.1 Å². The third-order valence-corrected chi connectivity index (χ3v) is 16.0. The molecule has 0 spiro atoms. The molecule has 6 nitrogen and oxygen atoms in total. The highest BCUT2D eigenvalue weighted by Crippen LogP contribution is 2.41. The van der Waals surface area contributed by atoms with Gasteiger partial charge in [-0.25, -0.2) is 9.59 Å². The van der Waals surface area contributed by atoms with Crippen molar-refractivity contribution in [2.45, 2.75) is 314 Å². The molecule has 0 heterocycles. The molecule has 4 rings (SSSR count). The zero-order chi connectivity index (χ0) is 48.8. The van der Waals surface area contributed by atoms with Crippen LogP contribution in [-0.4, -0.2) is 23.3 Å². The summed E-state index contributed by atoms with van der Waals surface area (Å²) in [5.74, 6) is 1.35. The van der Waals surface area contributed by atoms with E-state index in [4.69, 9.17) is 9.47 Å². The van der Waals surface area contributed by atoms with Gasteiger partial charge in [0, 0.05) is 11.1 Å². The first-order valence-corrected chi connectivity index (χ1v) is 30.1. The van der Waals surface area contributed by atoms with E-state index < -0.39 is 11.1 Å². The molecule has 0 aliphatic heterocycles. The highest BCUT2D eigenvalue weighted by Gasteiger charge is 2.45. The molecule has 69 heavy (non-hydrogen) atoms. The van der Waals surface area contributed by atoms with Gasteiger partial charge in [0.05, 0.1) is 0 Å². The number of amides is 2. The second-order valence-electron chi connectivity index (χ2n) is 22.2. The third kappa shape index (κ3) is 26.3. The quantitative estimate of drug-likeness (QED) is 0.0653. The van der Waals surface area contributed by atoms with Gasteiger partial charge in [0.1, 0.15) is 11.5 Å². The van der Waals surface area contributed by atoms with Crippen LogP contribution in [0.5, 0.6) is 11.5 Å². The minimum atomic E-state index is -0.437. The van der Waals surface area contributed by atoms with Crippen molar-refractivity contribution in [3.8, 4) is 11.5 Å². The van der Waals surface area contributed by atoms with E-state index in [9.17, 15) is 9.59 Å². The smallest absolute Gasteiger partial charge is 0.410 e. The van der Waals surface area contributed by atoms with E-state index >= 15 is 0 Å². The van der Waals surface area contributed by atoms with E-state index in [1.54, 1.807) is 0 Å². The average molecular weight is 956 g/mol. The number of benzene rings is 2. The highest BCUT2D eigenvalue weighted by atomic mass is 16.6. The number of hydrogen-bond acceptors (Lipinski definition) is 4. The molecule has 0 aromatic heterocycles. The summed E-state index contributed by atoms with van der Waals surface area (Å²) in [6, 6.07) is 16.2. The summed E-state index contributed by atoms with van der Waals surface area (Å²) in [5, 5.41) is 6.89. The van der Waals surface area contributed by atoms with Crippen LogP contribution in [-0.2, 0) is 12.8 Å². The zero-order valence-corrected chi connectivity index (χ0v) is 45.1. The fourth-order valence-electron chi connectivity index (χ4n) is 11.8. The normalized spacial score (nSPS) is 15.4. The van der Waals surface area contributed by atoms with E-state index in [0.717, 1.165) is 88.2 Å². The van der Waals surface area contributed by atoms with Crippen molar-refractivity contribution in [3.05, 3.63) is 59.7 Å². The molecule has 2 saturated carbocycles. The van der Waals surface area contributed by atoms with Gasteiger partial charge >= 0.3 is 12.2 Å². The van der Waals surface area contributed by atoms with Crippen molar-refractivity contribution >= 4 is 12.2 Å². The van der Waals surface area contributed by atoms with Crippen LogP contribution in [0.2, 0.25) is 0 Å². The summed E-state index contributed by atoms with van der Waals surface area (Å²) < 4.78 is 12.4. The Morgan fingerprint density at radius 2 is 0.638 bits per heavy atom. The Kier molecular flexibility index (Phi) is 32.0. The lowest BCUT2D eigenvalue weighted by molar-refractivity contribution is 0.107. The predicted octanol–water partition coefficient (Wildman–Crippen LogP) is 20.0. The predicted molar refractivity (Wildman–Crippen MR) is 294 cm³/mol. The monoisotopic (exact) mass is 955 g/mol. The molecule has 0 atom stereocenters. The first-order valence-electron chi connectivity index (χ1n) is 30.1. The topological polar surface area (TPSA) is 76.7 Å². The Morgan fingerprint density at radius 1 is 0.377 bits per heavy atom. The van der Waals surface area contributed by atoms with Crippen LogP contribution in [0, 0.1) is 0 Å². The summed E-state index contributed by atoms with van der Waals surface area (Å²) in [6.45, 7) is 4.59. The molecule has 2 aromatic rings. The highest BCUT2D eigenvalue weighted by molar-refractivity contribution is 5.73. The minimum Gasteiger partial charge on any atom is -0.410 e. The van der Waals surface area contributed by atoms with Crippen LogP contribution in [0.4, 0.5) is 9.59 Å². The zero-order valence-electron chi connectivity index (χ0n) is 45.1. The van der Waals surface area contributed by atoms with Gasteiger partial charge in [-0.1, -0.05) is 281 Å². The summed E-state index contributed by atoms with van der Waals surface area (Å²) in [7, 11) is 0. The lowest BCUT2D eigenvalue weighted by atomic mass is 9.68. The Bertz CT molecular complexity index is 1460. The van der Waals surface area contributed by atoms with E-state index in [1.807, 2.05) is 24.3 Å². The molecule has 6 heteroatoms. The number of carbonyl (C=O) groups is 2. The van der Waals surface area contributed by atoms with Crippen molar-refractivity contribution in [3.63, 3.8) is 0 Å². The van der Waals surface area contributed by atoms with Crippen molar-refractivity contribution < 1.29 is 19.1 Å². The number of unbranched alkanes of at least 4 members (excludes halogenated alkanes) is 30. The molecule has 2 aromatic carbocycles. The molecule has 2 N–H and O–H groups in total. The van der Waals surface area contributed by atoms with Crippen molar-refractivity contribution in [1.82, 2.24) is 10.6 Å².